The monoisotopic (exact) mass is 381 g/mol. The Labute approximate surface area is 163 Å². The van der Waals surface area contributed by atoms with Gasteiger partial charge in [0.05, 0.1) is 12.7 Å². The molecular weight excluding hydrogens is 358 g/mol. The van der Waals surface area contributed by atoms with E-state index in [9.17, 15) is 14.7 Å². The molecule has 0 bridgehead atoms. The van der Waals surface area contributed by atoms with Gasteiger partial charge in [0.25, 0.3) is 0 Å². The molecule has 0 aliphatic carbocycles. The van der Waals surface area contributed by atoms with Crippen molar-refractivity contribution in [1.82, 2.24) is 4.57 Å². The summed E-state index contributed by atoms with van der Waals surface area (Å²) in [6.45, 7) is 6.33. The summed E-state index contributed by atoms with van der Waals surface area (Å²) in [6, 6.07) is 12.8. The topological polar surface area (TPSA) is 77.8 Å². The standard InChI is InChI=1S/C22H23NO5/c1-13-14(2)23(20-10-7-17(21(24)25)11-19(13)20)12-16-5-8-18(9-6-16)28-15(3)22(26)27-4/h5-11,15H,12H2,1-4H3,(H,24,25)/t15-/m0/s1. The van der Waals surface area contributed by atoms with Gasteiger partial charge in [0, 0.05) is 23.1 Å². The third-order valence-corrected chi connectivity index (χ3v) is 5.00. The van der Waals surface area contributed by atoms with Crippen molar-refractivity contribution in [2.75, 3.05) is 7.11 Å². The molecule has 0 saturated heterocycles. The van der Waals surface area contributed by atoms with Crippen molar-refractivity contribution in [3.63, 3.8) is 0 Å². The van der Waals surface area contributed by atoms with Crippen LogP contribution in [0.2, 0.25) is 0 Å². The fourth-order valence-corrected chi connectivity index (χ4v) is 3.26. The molecule has 6 nitrogen and oxygen atoms in total. The Hall–Kier alpha value is -3.28. The number of esters is 1. The number of carbonyl (C=O) groups is 2. The summed E-state index contributed by atoms with van der Waals surface area (Å²) >= 11 is 0. The van der Waals surface area contributed by atoms with Crippen LogP contribution in [0.1, 0.15) is 34.1 Å². The molecule has 0 amide bonds. The molecule has 0 aliphatic rings. The number of ether oxygens (including phenoxy) is 2. The lowest BCUT2D eigenvalue weighted by atomic mass is 10.1. The van der Waals surface area contributed by atoms with Crippen LogP contribution in [0, 0.1) is 13.8 Å². The Morgan fingerprint density at radius 2 is 1.79 bits per heavy atom. The first-order chi connectivity index (χ1) is 13.3. The fraction of sp³-hybridized carbons (Fsp3) is 0.273. The fourth-order valence-electron chi connectivity index (χ4n) is 3.26. The van der Waals surface area contributed by atoms with Gasteiger partial charge in [-0.05, 0) is 62.2 Å². The normalized spacial score (nSPS) is 12.0. The number of hydrogen-bond donors (Lipinski definition) is 1. The Balaban J connectivity index is 1.86. The maximum absolute atomic E-state index is 11.5. The first kappa shape index (κ1) is 19.5. The molecule has 28 heavy (non-hydrogen) atoms. The Bertz CT molecular complexity index is 1030. The third kappa shape index (κ3) is 3.71. The minimum Gasteiger partial charge on any atom is -0.479 e. The summed E-state index contributed by atoms with van der Waals surface area (Å²) in [5, 5.41) is 10.2. The second-order valence-electron chi connectivity index (χ2n) is 6.76. The number of hydrogen-bond acceptors (Lipinski definition) is 4. The van der Waals surface area contributed by atoms with Gasteiger partial charge in [0.1, 0.15) is 5.75 Å². The molecule has 2 aromatic carbocycles. The van der Waals surface area contributed by atoms with E-state index < -0.39 is 18.0 Å². The lowest BCUT2D eigenvalue weighted by Gasteiger charge is -2.13. The van der Waals surface area contributed by atoms with Crippen LogP contribution in [0.25, 0.3) is 10.9 Å². The van der Waals surface area contributed by atoms with Gasteiger partial charge in [0.2, 0.25) is 0 Å². The van der Waals surface area contributed by atoms with E-state index >= 15 is 0 Å². The van der Waals surface area contributed by atoms with E-state index in [2.05, 4.69) is 9.30 Å². The van der Waals surface area contributed by atoms with Crippen molar-refractivity contribution in [2.24, 2.45) is 0 Å². The van der Waals surface area contributed by atoms with E-state index in [0.29, 0.717) is 12.3 Å². The van der Waals surface area contributed by atoms with Crippen molar-refractivity contribution in [3.8, 4) is 5.75 Å². The van der Waals surface area contributed by atoms with Gasteiger partial charge in [-0.15, -0.1) is 0 Å². The van der Waals surface area contributed by atoms with Crippen molar-refractivity contribution in [1.29, 1.82) is 0 Å². The molecular formula is C22H23NO5. The van der Waals surface area contributed by atoms with Gasteiger partial charge in [-0.25, -0.2) is 9.59 Å². The molecule has 0 fully saturated rings. The summed E-state index contributed by atoms with van der Waals surface area (Å²) in [6.07, 6.45) is -0.669. The van der Waals surface area contributed by atoms with E-state index in [4.69, 9.17) is 4.74 Å². The molecule has 1 aromatic heterocycles. The molecule has 0 radical (unpaired) electrons. The van der Waals surface area contributed by atoms with E-state index in [0.717, 1.165) is 27.7 Å². The maximum Gasteiger partial charge on any atom is 0.346 e. The van der Waals surface area contributed by atoms with Crippen LogP contribution in [0.15, 0.2) is 42.5 Å². The average molecular weight is 381 g/mol. The average Bonchev–Trinajstić information content (AvgIpc) is 2.93. The van der Waals surface area contributed by atoms with Crippen LogP contribution in [-0.2, 0) is 16.1 Å². The molecule has 0 unspecified atom stereocenters. The van der Waals surface area contributed by atoms with E-state index in [1.54, 1.807) is 19.1 Å². The Morgan fingerprint density at radius 1 is 1.11 bits per heavy atom. The molecule has 146 valence electrons. The van der Waals surface area contributed by atoms with Crippen molar-refractivity contribution >= 4 is 22.8 Å². The zero-order chi connectivity index (χ0) is 20.4. The molecule has 3 aromatic rings. The summed E-state index contributed by atoms with van der Waals surface area (Å²) in [7, 11) is 1.33. The molecule has 1 atom stereocenters. The number of fused-ring (bicyclic) bond motifs is 1. The van der Waals surface area contributed by atoms with Gasteiger partial charge in [-0.3, -0.25) is 0 Å². The third-order valence-electron chi connectivity index (χ3n) is 5.00. The van der Waals surface area contributed by atoms with Gasteiger partial charge in [0.15, 0.2) is 6.10 Å². The number of methoxy groups -OCH3 is 1. The zero-order valence-corrected chi connectivity index (χ0v) is 16.4. The largest absolute Gasteiger partial charge is 0.479 e. The molecule has 3 rings (SSSR count). The van der Waals surface area contributed by atoms with Gasteiger partial charge < -0.3 is 19.1 Å². The number of aromatic nitrogens is 1. The summed E-state index contributed by atoms with van der Waals surface area (Å²) in [5.74, 6) is -0.754. The van der Waals surface area contributed by atoms with Crippen molar-refractivity contribution in [2.45, 2.75) is 33.4 Å². The number of carbonyl (C=O) groups excluding carboxylic acids is 1. The van der Waals surface area contributed by atoms with Gasteiger partial charge in [-0.1, -0.05) is 12.1 Å². The second kappa shape index (κ2) is 7.76. The number of aryl methyl sites for hydroxylation is 1. The van der Waals surface area contributed by atoms with Crippen LogP contribution in [0.5, 0.6) is 5.75 Å². The molecule has 1 heterocycles. The zero-order valence-electron chi connectivity index (χ0n) is 16.4. The number of rotatable bonds is 6. The first-order valence-corrected chi connectivity index (χ1v) is 8.98. The quantitative estimate of drug-likeness (QED) is 0.654. The summed E-state index contributed by atoms with van der Waals surface area (Å²) < 4.78 is 12.4. The maximum atomic E-state index is 11.5. The van der Waals surface area contributed by atoms with Crippen LogP contribution in [0.3, 0.4) is 0 Å². The van der Waals surface area contributed by atoms with Crippen molar-refractivity contribution < 1.29 is 24.2 Å². The minimum atomic E-state index is -0.927. The van der Waals surface area contributed by atoms with Crippen LogP contribution < -0.4 is 4.74 Å². The predicted octanol–water partition coefficient (Wildman–Crippen LogP) is 3.94. The van der Waals surface area contributed by atoms with E-state index in [-0.39, 0.29) is 5.56 Å². The second-order valence-corrected chi connectivity index (χ2v) is 6.76. The molecule has 0 spiro atoms. The Morgan fingerprint density at radius 3 is 2.39 bits per heavy atom. The lowest BCUT2D eigenvalue weighted by molar-refractivity contribution is -0.147. The highest BCUT2D eigenvalue weighted by Gasteiger charge is 2.16. The van der Waals surface area contributed by atoms with Crippen LogP contribution in [-0.4, -0.2) is 34.8 Å². The van der Waals surface area contributed by atoms with Crippen LogP contribution in [0.4, 0.5) is 0 Å². The summed E-state index contributed by atoms with van der Waals surface area (Å²) in [4.78, 5) is 22.7. The number of benzene rings is 2. The molecule has 0 saturated carbocycles. The highest BCUT2D eigenvalue weighted by Crippen LogP contribution is 2.27. The van der Waals surface area contributed by atoms with Crippen molar-refractivity contribution in [3.05, 3.63) is 64.8 Å². The number of carboxylic acids is 1. The van der Waals surface area contributed by atoms with Gasteiger partial charge >= 0.3 is 11.9 Å². The molecule has 1 N–H and O–H groups in total. The molecule has 0 aliphatic heterocycles. The Kier molecular flexibility index (Phi) is 5.40. The highest BCUT2D eigenvalue weighted by molar-refractivity contribution is 5.95. The number of carboxylic acid groups (broad SMARTS) is 1. The predicted molar refractivity (Wildman–Crippen MR) is 106 cm³/mol. The van der Waals surface area contributed by atoms with E-state index in [1.807, 2.05) is 44.2 Å². The van der Waals surface area contributed by atoms with Gasteiger partial charge in [-0.2, -0.15) is 0 Å². The number of aromatic carboxylic acids is 1. The van der Waals surface area contributed by atoms with E-state index in [1.165, 1.54) is 7.11 Å². The number of nitrogens with zero attached hydrogens (tertiary/aromatic N) is 1. The molecule has 6 heteroatoms. The summed E-state index contributed by atoms with van der Waals surface area (Å²) in [5.41, 5.74) is 4.52. The first-order valence-electron chi connectivity index (χ1n) is 8.98. The van der Waals surface area contributed by atoms with Crippen LogP contribution >= 0.6 is 0 Å². The highest BCUT2D eigenvalue weighted by atomic mass is 16.6. The minimum absolute atomic E-state index is 0.286. The lowest BCUT2D eigenvalue weighted by Crippen LogP contribution is -2.24. The SMILES string of the molecule is COC(=O)[C@H](C)Oc1ccc(Cn2c(C)c(C)c3cc(C(=O)O)ccc32)cc1. The smallest absolute Gasteiger partial charge is 0.346 e.